The minimum absolute atomic E-state index is 0.176. The van der Waals surface area contributed by atoms with Crippen molar-refractivity contribution in [2.45, 2.75) is 13.0 Å². The number of benzene rings is 2. The molecule has 2 aromatic carbocycles. The molecular weight excluding hydrogens is 408 g/mol. The quantitative estimate of drug-likeness (QED) is 0.638. The predicted octanol–water partition coefficient (Wildman–Crippen LogP) is 1.68. The molecule has 0 aliphatic rings. The van der Waals surface area contributed by atoms with Crippen LogP contribution < -0.4 is 20.0 Å². The monoisotopic (exact) mass is 432 g/mol. The SMILES string of the molecule is COc1ccc(N([C@H](C)C(=O)Nc2ccc3c(c2)n(C)c(=O)n3C)S(C)(=O)=O)cc1. The van der Waals surface area contributed by atoms with Crippen LogP contribution in [-0.2, 0) is 28.9 Å². The van der Waals surface area contributed by atoms with Gasteiger partial charge in [-0.05, 0) is 49.4 Å². The van der Waals surface area contributed by atoms with Crippen LogP contribution in [0.3, 0.4) is 0 Å². The Hall–Kier alpha value is -3.27. The van der Waals surface area contributed by atoms with Gasteiger partial charge in [0.1, 0.15) is 11.8 Å². The van der Waals surface area contributed by atoms with Crippen molar-refractivity contribution in [2.75, 3.05) is 23.0 Å². The lowest BCUT2D eigenvalue weighted by atomic mass is 10.2. The van der Waals surface area contributed by atoms with Gasteiger partial charge in [-0.2, -0.15) is 0 Å². The third-order valence-electron chi connectivity index (χ3n) is 4.95. The molecule has 0 radical (unpaired) electrons. The number of ether oxygens (including phenoxy) is 1. The Morgan fingerprint density at radius 1 is 1.07 bits per heavy atom. The number of amides is 1. The molecule has 0 aliphatic heterocycles. The van der Waals surface area contributed by atoms with Crippen LogP contribution in [-0.4, -0.2) is 42.9 Å². The maximum Gasteiger partial charge on any atom is 0.328 e. The van der Waals surface area contributed by atoms with Crippen LogP contribution in [0.1, 0.15) is 6.92 Å². The number of aromatic nitrogens is 2. The van der Waals surface area contributed by atoms with Gasteiger partial charge in [0, 0.05) is 19.8 Å². The number of anilines is 2. The number of carbonyl (C=O) groups excluding carboxylic acids is 1. The van der Waals surface area contributed by atoms with Gasteiger partial charge in [0.2, 0.25) is 15.9 Å². The van der Waals surface area contributed by atoms with E-state index in [4.69, 9.17) is 4.74 Å². The Labute approximate surface area is 174 Å². The van der Waals surface area contributed by atoms with E-state index in [1.165, 1.54) is 23.2 Å². The summed E-state index contributed by atoms with van der Waals surface area (Å²) in [5, 5.41) is 2.74. The van der Waals surface area contributed by atoms with Gasteiger partial charge in [-0.3, -0.25) is 18.2 Å². The Bertz CT molecular complexity index is 1260. The highest BCUT2D eigenvalue weighted by molar-refractivity contribution is 7.92. The standard InChI is InChI=1S/C20H24N4O5S/c1-13(24(30(5,27)28)15-7-9-16(29-4)10-8-15)19(25)21-14-6-11-17-18(12-14)23(3)20(26)22(17)2/h6-13H,1-5H3,(H,21,25)/t13-/m1/s1. The molecule has 0 aliphatic carbocycles. The smallest absolute Gasteiger partial charge is 0.328 e. The second-order valence-corrected chi connectivity index (χ2v) is 8.89. The summed E-state index contributed by atoms with van der Waals surface area (Å²) in [6.45, 7) is 1.51. The largest absolute Gasteiger partial charge is 0.497 e. The molecule has 3 aromatic rings. The third-order valence-corrected chi connectivity index (χ3v) is 6.20. The maximum absolute atomic E-state index is 12.9. The Kier molecular flexibility index (Phi) is 5.62. The lowest BCUT2D eigenvalue weighted by Crippen LogP contribution is -2.45. The molecule has 3 rings (SSSR count). The highest BCUT2D eigenvalue weighted by Crippen LogP contribution is 2.25. The number of nitrogens with zero attached hydrogens (tertiary/aromatic N) is 3. The van der Waals surface area contributed by atoms with Crippen molar-refractivity contribution in [3.8, 4) is 5.75 Å². The predicted molar refractivity (Wildman–Crippen MR) is 117 cm³/mol. The van der Waals surface area contributed by atoms with Gasteiger partial charge in [-0.1, -0.05) is 0 Å². The molecule has 0 spiro atoms. The van der Waals surface area contributed by atoms with Crippen molar-refractivity contribution >= 4 is 38.3 Å². The third kappa shape index (κ3) is 3.90. The van der Waals surface area contributed by atoms with E-state index in [2.05, 4.69) is 5.32 Å². The fraction of sp³-hybridized carbons (Fsp3) is 0.300. The summed E-state index contributed by atoms with van der Waals surface area (Å²) in [6.07, 6.45) is 1.05. The van der Waals surface area contributed by atoms with E-state index in [9.17, 15) is 18.0 Å². The van der Waals surface area contributed by atoms with Gasteiger partial charge in [0.05, 0.1) is 30.1 Å². The van der Waals surface area contributed by atoms with Crippen molar-refractivity contribution in [1.29, 1.82) is 0 Å². The van der Waals surface area contributed by atoms with Crippen LogP contribution in [0.4, 0.5) is 11.4 Å². The zero-order valence-electron chi connectivity index (χ0n) is 17.4. The number of nitrogens with one attached hydrogen (secondary N) is 1. The second-order valence-electron chi connectivity index (χ2n) is 7.03. The molecule has 0 bridgehead atoms. The highest BCUT2D eigenvalue weighted by Gasteiger charge is 2.29. The number of rotatable bonds is 6. The molecule has 0 saturated heterocycles. The lowest BCUT2D eigenvalue weighted by Gasteiger charge is -2.28. The van der Waals surface area contributed by atoms with Crippen LogP contribution in [0.2, 0.25) is 0 Å². The van der Waals surface area contributed by atoms with Crippen molar-refractivity contribution < 1.29 is 17.9 Å². The summed E-state index contributed by atoms with van der Waals surface area (Å²) in [6, 6.07) is 10.5. The number of carbonyl (C=O) groups is 1. The lowest BCUT2D eigenvalue weighted by molar-refractivity contribution is -0.116. The first kappa shape index (κ1) is 21.4. The van der Waals surface area contributed by atoms with E-state index in [1.807, 2.05) is 0 Å². The van der Waals surface area contributed by atoms with Gasteiger partial charge in [-0.15, -0.1) is 0 Å². The minimum Gasteiger partial charge on any atom is -0.497 e. The van der Waals surface area contributed by atoms with E-state index in [0.717, 1.165) is 16.1 Å². The normalized spacial score (nSPS) is 12.6. The number of imidazole rings is 1. The van der Waals surface area contributed by atoms with E-state index in [1.54, 1.807) is 56.6 Å². The molecule has 9 nitrogen and oxygen atoms in total. The number of fused-ring (bicyclic) bond motifs is 1. The van der Waals surface area contributed by atoms with Crippen LogP contribution in [0.25, 0.3) is 11.0 Å². The minimum atomic E-state index is -3.73. The molecule has 0 unspecified atom stereocenters. The summed E-state index contributed by atoms with van der Waals surface area (Å²) < 4.78 is 34.0. The molecule has 1 amide bonds. The van der Waals surface area contributed by atoms with Crippen LogP contribution in [0.5, 0.6) is 5.75 Å². The second kappa shape index (κ2) is 7.86. The van der Waals surface area contributed by atoms with Gasteiger partial charge in [0.25, 0.3) is 0 Å². The summed E-state index contributed by atoms with van der Waals surface area (Å²) in [4.78, 5) is 25.0. The first-order valence-corrected chi connectivity index (χ1v) is 11.0. The number of aryl methyl sites for hydroxylation is 2. The van der Waals surface area contributed by atoms with Crippen LogP contribution >= 0.6 is 0 Å². The molecule has 1 aromatic heterocycles. The zero-order valence-corrected chi connectivity index (χ0v) is 18.2. The maximum atomic E-state index is 12.9. The fourth-order valence-electron chi connectivity index (χ4n) is 3.37. The van der Waals surface area contributed by atoms with E-state index in [-0.39, 0.29) is 5.69 Å². The van der Waals surface area contributed by atoms with E-state index < -0.39 is 22.0 Å². The first-order chi connectivity index (χ1) is 14.0. The number of methoxy groups -OCH3 is 1. The molecule has 1 heterocycles. The van der Waals surface area contributed by atoms with E-state index >= 15 is 0 Å². The summed E-state index contributed by atoms with van der Waals surface area (Å²) in [7, 11) is 1.10. The molecule has 0 fully saturated rings. The molecule has 160 valence electrons. The number of sulfonamides is 1. The Balaban J connectivity index is 1.91. The molecule has 1 atom stereocenters. The van der Waals surface area contributed by atoms with Crippen molar-refractivity contribution in [3.05, 3.63) is 52.9 Å². The number of hydrogen-bond acceptors (Lipinski definition) is 5. The average Bonchev–Trinajstić information content (AvgIpc) is 2.91. The first-order valence-electron chi connectivity index (χ1n) is 9.14. The molecule has 1 N–H and O–H groups in total. The summed E-state index contributed by atoms with van der Waals surface area (Å²) in [5.74, 6) is 0.0719. The van der Waals surface area contributed by atoms with Gasteiger partial charge in [-0.25, -0.2) is 13.2 Å². The van der Waals surface area contributed by atoms with Crippen LogP contribution in [0.15, 0.2) is 47.3 Å². The topological polar surface area (TPSA) is 103 Å². The number of hydrogen-bond donors (Lipinski definition) is 1. The molecule has 30 heavy (non-hydrogen) atoms. The highest BCUT2D eigenvalue weighted by atomic mass is 32.2. The average molecular weight is 433 g/mol. The Morgan fingerprint density at radius 3 is 2.23 bits per heavy atom. The van der Waals surface area contributed by atoms with Crippen molar-refractivity contribution in [3.63, 3.8) is 0 Å². The van der Waals surface area contributed by atoms with Crippen LogP contribution in [0, 0.1) is 0 Å². The van der Waals surface area contributed by atoms with Gasteiger partial charge in [0.15, 0.2) is 0 Å². The molecular formula is C20H24N4O5S. The van der Waals surface area contributed by atoms with E-state index in [0.29, 0.717) is 22.6 Å². The molecule has 0 saturated carbocycles. The summed E-state index contributed by atoms with van der Waals surface area (Å²) >= 11 is 0. The summed E-state index contributed by atoms with van der Waals surface area (Å²) in [5.41, 5.74) is 2.02. The van der Waals surface area contributed by atoms with Crippen molar-refractivity contribution in [1.82, 2.24) is 9.13 Å². The Morgan fingerprint density at radius 2 is 1.67 bits per heavy atom. The van der Waals surface area contributed by atoms with Gasteiger partial charge >= 0.3 is 5.69 Å². The fourth-order valence-corrected chi connectivity index (χ4v) is 4.54. The zero-order chi connectivity index (χ0) is 22.2. The van der Waals surface area contributed by atoms with Gasteiger partial charge < -0.3 is 10.1 Å². The molecule has 10 heteroatoms. The van der Waals surface area contributed by atoms with Crippen molar-refractivity contribution in [2.24, 2.45) is 14.1 Å².